The first-order valence-electron chi connectivity index (χ1n) is 34.5. The van der Waals surface area contributed by atoms with Crippen LogP contribution in [0.5, 0.6) is 0 Å². The van der Waals surface area contributed by atoms with E-state index in [1.807, 2.05) is 12.2 Å². The number of esters is 2. The number of carbonyl (C=O) groups excluding carboxylic acids is 2. The van der Waals surface area contributed by atoms with Gasteiger partial charge in [0.2, 0.25) is 0 Å². The second-order valence-corrected chi connectivity index (χ2v) is 24.1. The van der Waals surface area contributed by atoms with E-state index in [2.05, 4.69) is 25.0 Å². The smallest absolute Gasteiger partial charge is 0.302 e. The van der Waals surface area contributed by atoms with Crippen molar-refractivity contribution in [2.45, 2.75) is 371 Å². The zero-order chi connectivity index (χ0) is 64.8. The van der Waals surface area contributed by atoms with Gasteiger partial charge in [0.25, 0.3) is 0 Å². The van der Waals surface area contributed by atoms with E-state index in [1.165, 1.54) is 181 Å². The van der Waals surface area contributed by atoms with Gasteiger partial charge in [-0.05, 0) is 64.2 Å². The predicted octanol–water partition coefficient (Wildman–Crippen LogP) is 14.3. The fraction of sp³-hybridized carbons (Fsp3) is 0.861. The van der Waals surface area contributed by atoms with Crippen LogP contribution in [0.4, 0.5) is 0 Å². The van der Waals surface area contributed by atoms with Crippen molar-refractivity contribution in [3.05, 3.63) is 25.3 Å². The van der Waals surface area contributed by atoms with Crippen molar-refractivity contribution in [3.63, 3.8) is 0 Å². The Morgan fingerprint density at radius 2 is 0.535 bits per heavy atom. The quantitative estimate of drug-likeness (QED) is 0.0118. The summed E-state index contributed by atoms with van der Waals surface area (Å²) in [5, 5.41) is 93.8. The third-order valence-corrected chi connectivity index (χ3v) is 15.2. The molecule has 0 aromatic rings. The molecule has 14 nitrogen and oxygen atoms in total. The summed E-state index contributed by atoms with van der Waals surface area (Å²) >= 11 is 0. The lowest BCUT2D eigenvalue weighted by atomic mass is 10.0. The number of hydrogen-bond acceptors (Lipinski definition) is 14. The van der Waals surface area contributed by atoms with E-state index >= 15 is 0 Å². The molecule has 0 aliphatic heterocycles. The monoisotopic (exact) mass is 1220 g/mol. The molecule has 508 valence electrons. The fourth-order valence-corrected chi connectivity index (χ4v) is 9.94. The minimum atomic E-state index is -0.778. The van der Waals surface area contributed by atoms with Gasteiger partial charge < -0.3 is 60.5 Å². The number of carbonyl (C=O) groups is 2. The summed E-state index contributed by atoms with van der Waals surface area (Å²) in [7, 11) is 0. The summed E-state index contributed by atoms with van der Waals surface area (Å²) in [6, 6.07) is 0. The molecule has 0 radical (unpaired) electrons. The second-order valence-electron chi connectivity index (χ2n) is 24.1. The lowest BCUT2D eigenvalue weighted by molar-refractivity contribution is -0.145. The van der Waals surface area contributed by atoms with Crippen LogP contribution in [0.15, 0.2) is 25.3 Å². The number of terminal acetylenes is 2. The largest absolute Gasteiger partial charge is 0.463 e. The average Bonchev–Trinajstić information content (AvgIpc) is 3.48. The van der Waals surface area contributed by atoms with Crippen molar-refractivity contribution in [2.24, 2.45) is 0 Å². The zero-order valence-corrected chi connectivity index (χ0v) is 55.2. The molecule has 0 amide bonds. The third-order valence-electron chi connectivity index (χ3n) is 15.2. The SMILES string of the molecule is C#CCCCCCCCCCCCC(O)CC(O)CO.C#CCCCCCCCCCCCC(O)CC(O)COC(C)=O.C=CCCCCCCCCCCCC(O)CC(O)CO.C=CCCCCCCCCCCCC(O)CC(O)COC(C)=O. The first-order chi connectivity index (χ1) is 41.5. The molecule has 0 aliphatic carbocycles. The molecule has 0 saturated heterocycles. The van der Waals surface area contributed by atoms with Gasteiger partial charge in [0.05, 0.1) is 62.0 Å². The van der Waals surface area contributed by atoms with Gasteiger partial charge in [0.1, 0.15) is 13.2 Å². The van der Waals surface area contributed by atoms with Crippen molar-refractivity contribution in [1.29, 1.82) is 0 Å². The first kappa shape index (κ1) is 89.6. The van der Waals surface area contributed by atoms with E-state index < -0.39 is 60.8 Å². The van der Waals surface area contributed by atoms with Crippen LogP contribution in [-0.2, 0) is 19.1 Å². The summed E-state index contributed by atoms with van der Waals surface area (Å²) in [6.45, 7) is 9.48. The summed E-state index contributed by atoms with van der Waals surface area (Å²) in [5.41, 5.74) is 0. The molecule has 10 N–H and O–H groups in total. The minimum Gasteiger partial charge on any atom is -0.463 e. The van der Waals surface area contributed by atoms with Crippen molar-refractivity contribution in [1.82, 2.24) is 0 Å². The fourth-order valence-electron chi connectivity index (χ4n) is 9.94. The van der Waals surface area contributed by atoms with Gasteiger partial charge in [-0.25, -0.2) is 0 Å². The van der Waals surface area contributed by atoms with Gasteiger partial charge in [-0.3, -0.25) is 9.59 Å². The highest BCUT2D eigenvalue weighted by atomic mass is 16.5. The standard InChI is InChI=1S/C19H36O4.C19H34O4.C17H34O3.C17H32O3/c2*1-3-4-5-6-7-8-9-10-11-12-13-14-18(21)15-19(22)16-23-17(2)20;2*1-2-3-4-5-6-7-8-9-10-11-12-13-16(19)14-17(20)15-18/h3,18-19,21-22H,1,4-16H2,2H3;1,18-19,21-22H,4-16H2,2H3;2,16-20H,1,3-15H2;1,16-20H,3-15H2. The number of aliphatic hydroxyl groups is 10. The van der Waals surface area contributed by atoms with E-state index in [1.54, 1.807) is 0 Å². The molecule has 0 aromatic heterocycles. The molecule has 0 fully saturated rings. The van der Waals surface area contributed by atoms with Crippen LogP contribution in [-0.4, -0.2) is 138 Å². The van der Waals surface area contributed by atoms with Crippen molar-refractivity contribution in [2.75, 3.05) is 26.4 Å². The van der Waals surface area contributed by atoms with Gasteiger partial charge >= 0.3 is 11.9 Å². The molecule has 0 aromatic carbocycles. The molecule has 0 spiro atoms. The lowest BCUT2D eigenvalue weighted by Gasteiger charge is -2.15. The van der Waals surface area contributed by atoms with Gasteiger partial charge in [-0.1, -0.05) is 218 Å². The van der Waals surface area contributed by atoms with E-state index in [0.29, 0.717) is 19.3 Å². The number of ether oxygens (including phenoxy) is 2. The van der Waals surface area contributed by atoms with E-state index in [4.69, 9.17) is 32.5 Å². The van der Waals surface area contributed by atoms with Crippen LogP contribution >= 0.6 is 0 Å². The normalized spacial score (nSPS) is 13.7. The maximum Gasteiger partial charge on any atom is 0.302 e. The Morgan fingerprint density at radius 3 is 0.733 bits per heavy atom. The molecule has 8 unspecified atom stereocenters. The van der Waals surface area contributed by atoms with E-state index in [-0.39, 0.29) is 45.7 Å². The summed E-state index contributed by atoms with van der Waals surface area (Å²) in [6.07, 6.45) is 61.6. The number of allylic oxidation sites excluding steroid dienone is 2. The van der Waals surface area contributed by atoms with Crippen LogP contribution in [0.1, 0.15) is 322 Å². The molecular weight excluding hydrogens is 1090 g/mol. The van der Waals surface area contributed by atoms with Gasteiger partial charge in [-0.15, -0.1) is 37.8 Å². The topological polar surface area (TPSA) is 255 Å². The van der Waals surface area contributed by atoms with Crippen LogP contribution in [0.25, 0.3) is 0 Å². The molecule has 0 saturated carbocycles. The van der Waals surface area contributed by atoms with Gasteiger partial charge in [-0.2, -0.15) is 0 Å². The molecule has 0 heterocycles. The zero-order valence-electron chi connectivity index (χ0n) is 55.2. The molecule has 0 aliphatic rings. The summed E-state index contributed by atoms with van der Waals surface area (Å²) < 4.78 is 9.42. The van der Waals surface area contributed by atoms with Crippen molar-refractivity contribution in [3.8, 4) is 24.7 Å². The van der Waals surface area contributed by atoms with E-state index in [9.17, 15) is 50.4 Å². The van der Waals surface area contributed by atoms with Gasteiger partial charge in [0, 0.05) is 52.4 Å². The lowest BCUT2D eigenvalue weighted by Crippen LogP contribution is -2.23. The highest BCUT2D eigenvalue weighted by molar-refractivity contribution is 5.66. The predicted molar refractivity (Wildman–Crippen MR) is 355 cm³/mol. The van der Waals surface area contributed by atoms with Gasteiger partial charge in [0.15, 0.2) is 0 Å². The Labute approximate surface area is 527 Å². The molecule has 0 rings (SSSR count). The number of unbranched alkanes of at least 4 members (excludes halogenated alkanes) is 36. The minimum absolute atomic E-state index is 0.0286. The maximum absolute atomic E-state index is 10.6. The molecule has 86 heavy (non-hydrogen) atoms. The highest BCUT2D eigenvalue weighted by Gasteiger charge is 2.15. The van der Waals surface area contributed by atoms with Crippen LogP contribution < -0.4 is 0 Å². The van der Waals surface area contributed by atoms with Crippen molar-refractivity contribution < 1.29 is 70.1 Å². The number of hydrogen-bond donors (Lipinski definition) is 10. The molecule has 8 atom stereocenters. The molecular formula is C72H136O14. The Bertz CT molecular complexity index is 1480. The number of aliphatic hydroxyl groups excluding tert-OH is 10. The maximum atomic E-state index is 10.6. The van der Waals surface area contributed by atoms with E-state index in [0.717, 1.165) is 103 Å². The molecule has 14 heteroatoms. The van der Waals surface area contributed by atoms with Crippen molar-refractivity contribution >= 4 is 11.9 Å². The number of rotatable bonds is 60. The Morgan fingerprint density at radius 1 is 0.337 bits per heavy atom. The average molecular weight is 1230 g/mol. The highest BCUT2D eigenvalue weighted by Crippen LogP contribution is 2.18. The van der Waals surface area contributed by atoms with Crippen LogP contribution in [0.3, 0.4) is 0 Å². The first-order valence-corrected chi connectivity index (χ1v) is 34.5. The Balaban J connectivity index is -0.000000522. The Kier molecular flexibility index (Phi) is 77.7. The Hall–Kier alpha value is -2.86. The third kappa shape index (κ3) is 83.2. The second kappa shape index (κ2) is 74.6. The summed E-state index contributed by atoms with van der Waals surface area (Å²) in [5.74, 6) is 4.52. The van der Waals surface area contributed by atoms with Crippen LogP contribution in [0, 0.1) is 24.7 Å². The van der Waals surface area contributed by atoms with Crippen LogP contribution in [0.2, 0.25) is 0 Å². The molecule has 0 bridgehead atoms. The summed E-state index contributed by atoms with van der Waals surface area (Å²) in [4.78, 5) is 21.2.